The summed E-state index contributed by atoms with van der Waals surface area (Å²) in [4.78, 5) is 26.0. The maximum atomic E-state index is 12.9. The molecule has 1 fully saturated rings. The number of benzene rings is 1. The Bertz CT molecular complexity index is 582. The maximum Gasteiger partial charge on any atom is 0.254 e. The summed E-state index contributed by atoms with van der Waals surface area (Å²) in [6, 6.07) is 6.08. The van der Waals surface area contributed by atoms with Crippen LogP contribution in [0.3, 0.4) is 0 Å². The van der Waals surface area contributed by atoms with E-state index >= 15 is 0 Å². The minimum atomic E-state index is -0.324. The average molecular weight is 300 g/mol. The van der Waals surface area contributed by atoms with E-state index in [2.05, 4.69) is 12.1 Å². The van der Waals surface area contributed by atoms with Gasteiger partial charge in [-0.25, -0.2) is 0 Å². The highest BCUT2D eigenvalue weighted by atomic mass is 16.2. The van der Waals surface area contributed by atoms with Gasteiger partial charge in [0, 0.05) is 24.6 Å². The molecule has 0 bridgehead atoms. The molecule has 2 N–H and O–H groups in total. The van der Waals surface area contributed by atoms with Crippen molar-refractivity contribution < 1.29 is 9.59 Å². The second kappa shape index (κ2) is 6.51. The first-order valence-electron chi connectivity index (χ1n) is 8.36. The topological polar surface area (TPSA) is 63.4 Å². The Labute approximate surface area is 131 Å². The molecule has 3 rings (SSSR count). The quantitative estimate of drug-likeness (QED) is 0.932. The minimum absolute atomic E-state index is 0.0326. The first kappa shape index (κ1) is 15.1. The minimum Gasteiger partial charge on any atom is -0.370 e. The molecule has 1 aliphatic heterocycles. The van der Waals surface area contributed by atoms with Crippen molar-refractivity contribution in [2.45, 2.75) is 57.4 Å². The molecule has 4 heteroatoms. The van der Waals surface area contributed by atoms with Gasteiger partial charge in [0.05, 0.1) is 0 Å². The van der Waals surface area contributed by atoms with E-state index in [0.29, 0.717) is 0 Å². The fraction of sp³-hybridized carbons (Fsp3) is 0.556. The van der Waals surface area contributed by atoms with Crippen molar-refractivity contribution in [1.29, 1.82) is 0 Å². The summed E-state index contributed by atoms with van der Waals surface area (Å²) in [6.45, 7) is 0.730. The van der Waals surface area contributed by atoms with Crippen molar-refractivity contribution >= 4 is 11.8 Å². The van der Waals surface area contributed by atoms with Crippen molar-refractivity contribution in [3.05, 3.63) is 34.9 Å². The number of carbonyl (C=O) groups excluding carboxylic acids is 2. The Kier molecular flexibility index (Phi) is 4.46. The molecule has 2 aliphatic rings. The van der Waals surface area contributed by atoms with Crippen LogP contribution in [0.25, 0.3) is 0 Å². The summed E-state index contributed by atoms with van der Waals surface area (Å²) < 4.78 is 0. The van der Waals surface area contributed by atoms with Gasteiger partial charge in [-0.05, 0) is 68.2 Å². The Balaban J connectivity index is 1.80. The molecule has 0 spiro atoms. The lowest BCUT2D eigenvalue weighted by molar-refractivity contribution is -0.119. The van der Waals surface area contributed by atoms with Crippen molar-refractivity contribution in [3.63, 3.8) is 0 Å². The number of aryl methyl sites for hydroxylation is 2. The molecule has 118 valence electrons. The van der Waals surface area contributed by atoms with E-state index in [1.165, 1.54) is 24.0 Å². The van der Waals surface area contributed by atoms with Crippen LogP contribution in [0.4, 0.5) is 0 Å². The van der Waals surface area contributed by atoms with Gasteiger partial charge in [0.25, 0.3) is 5.91 Å². The van der Waals surface area contributed by atoms with Gasteiger partial charge in [-0.2, -0.15) is 0 Å². The third-order valence-electron chi connectivity index (χ3n) is 4.92. The molecule has 1 atom stereocenters. The van der Waals surface area contributed by atoms with Gasteiger partial charge in [0.1, 0.15) is 0 Å². The summed E-state index contributed by atoms with van der Waals surface area (Å²) in [5.41, 5.74) is 8.80. The van der Waals surface area contributed by atoms with Crippen LogP contribution < -0.4 is 5.73 Å². The van der Waals surface area contributed by atoms with Gasteiger partial charge in [-0.3, -0.25) is 9.59 Å². The van der Waals surface area contributed by atoms with Crippen molar-refractivity contribution in [2.24, 2.45) is 5.73 Å². The summed E-state index contributed by atoms with van der Waals surface area (Å²) in [6.07, 6.45) is 7.86. The average Bonchev–Trinajstić information content (AvgIpc) is 2.54. The number of piperidine rings is 1. The number of nitrogens with zero attached hydrogens (tertiary/aromatic N) is 1. The van der Waals surface area contributed by atoms with E-state index in [4.69, 9.17) is 5.73 Å². The molecular formula is C18H24N2O2. The molecule has 0 saturated carbocycles. The molecular weight excluding hydrogens is 276 g/mol. The van der Waals surface area contributed by atoms with E-state index in [1.807, 2.05) is 11.0 Å². The molecule has 1 heterocycles. The largest absolute Gasteiger partial charge is 0.370 e. The third-order valence-corrected chi connectivity index (χ3v) is 4.92. The smallest absolute Gasteiger partial charge is 0.254 e. The number of primary amides is 1. The van der Waals surface area contributed by atoms with Crippen LogP contribution in [0.5, 0.6) is 0 Å². The summed E-state index contributed by atoms with van der Waals surface area (Å²) in [5, 5.41) is 0. The Hall–Kier alpha value is -1.84. The van der Waals surface area contributed by atoms with E-state index < -0.39 is 0 Å². The van der Waals surface area contributed by atoms with Crippen LogP contribution in [-0.4, -0.2) is 29.3 Å². The number of hydrogen-bond acceptors (Lipinski definition) is 2. The van der Waals surface area contributed by atoms with Gasteiger partial charge in [-0.1, -0.05) is 6.07 Å². The monoisotopic (exact) mass is 300 g/mol. The SMILES string of the molecule is NC(=O)C[C@H]1CCCCN1C(=O)c1ccc2c(c1)CCCC2. The van der Waals surface area contributed by atoms with E-state index in [9.17, 15) is 9.59 Å². The first-order valence-corrected chi connectivity index (χ1v) is 8.36. The standard InChI is InChI=1S/C18H24N2O2/c19-17(21)12-16-7-3-4-10-20(16)18(22)15-9-8-13-5-1-2-6-14(13)11-15/h8-9,11,16H,1-7,10,12H2,(H2,19,21)/t16-/m1/s1. The zero-order chi connectivity index (χ0) is 15.5. The summed E-state index contributed by atoms with van der Waals surface area (Å²) >= 11 is 0. The van der Waals surface area contributed by atoms with Crippen LogP contribution in [0, 0.1) is 0 Å². The lowest BCUT2D eigenvalue weighted by Gasteiger charge is -2.35. The van der Waals surface area contributed by atoms with E-state index in [0.717, 1.165) is 44.2 Å². The van der Waals surface area contributed by atoms with Crippen LogP contribution in [0.2, 0.25) is 0 Å². The number of amides is 2. The van der Waals surface area contributed by atoms with Crippen molar-refractivity contribution in [2.75, 3.05) is 6.54 Å². The molecule has 1 aromatic carbocycles. The number of likely N-dealkylation sites (tertiary alicyclic amines) is 1. The van der Waals surface area contributed by atoms with E-state index in [1.54, 1.807) is 0 Å². The first-order chi connectivity index (χ1) is 10.6. The molecule has 0 radical (unpaired) electrons. The van der Waals surface area contributed by atoms with Gasteiger partial charge in [0.2, 0.25) is 5.91 Å². The molecule has 22 heavy (non-hydrogen) atoms. The second-order valence-corrected chi connectivity index (χ2v) is 6.51. The molecule has 0 unspecified atom stereocenters. The highest BCUT2D eigenvalue weighted by Gasteiger charge is 2.29. The second-order valence-electron chi connectivity index (χ2n) is 6.51. The molecule has 2 amide bonds. The molecule has 1 aromatic rings. The van der Waals surface area contributed by atoms with Crippen molar-refractivity contribution in [1.82, 2.24) is 4.90 Å². The third kappa shape index (κ3) is 3.16. The number of fused-ring (bicyclic) bond motifs is 1. The highest BCUT2D eigenvalue weighted by molar-refractivity contribution is 5.95. The lowest BCUT2D eigenvalue weighted by atomic mass is 9.90. The molecule has 1 aliphatic carbocycles. The fourth-order valence-electron chi connectivity index (χ4n) is 3.74. The maximum absolute atomic E-state index is 12.9. The Morgan fingerprint density at radius 3 is 2.64 bits per heavy atom. The summed E-state index contributed by atoms with van der Waals surface area (Å²) in [7, 11) is 0. The Morgan fingerprint density at radius 2 is 1.86 bits per heavy atom. The van der Waals surface area contributed by atoms with E-state index in [-0.39, 0.29) is 24.3 Å². The number of carbonyl (C=O) groups is 2. The predicted octanol–water partition coefficient (Wildman–Crippen LogP) is 2.44. The highest BCUT2D eigenvalue weighted by Crippen LogP contribution is 2.25. The van der Waals surface area contributed by atoms with Gasteiger partial charge >= 0.3 is 0 Å². The number of nitrogens with two attached hydrogens (primary N) is 1. The zero-order valence-corrected chi connectivity index (χ0v) is 13.0. The molecule has 4 nitrogen and oxygen atoms in total. The van der Waals surface area contributed by atoms with Crippen molar-refractivity contribution in [3.8, 4) is 0 Å². The number of hydrogen-bond donors (Lipinski definition) is 1. The lowest BCUT2D eigenvalue weighted by Crippen LogP contribution is -2.45. The fourth-order valence-corrected chi connectivity index (χ4v) is 3.74. The normalized spacial score (nSPS) is 21.3. The van der Waals surface area contributed by atoms with Crippen LogP contribution in [0.1, 0.15) is 60.0 Å². The van der Waals surface area contributed by atoms with Gasteiger partial charge < -0.3 is 10.6 Å². The predicted molar refractivity (Wildman–Crippen MR) is 85.6 cm³/mol. The molecule has 0 aromatic heterocycles. The number of rotatable bonds is 3. The van der Waals surface area contributed by atoms with Crippen LogP contribution in [0.15, 0.2) is 18.2 Å². The zero-order valence-electron chi connectivity index (χ0n) is 13.0. The van der Waals surface area contributed by atoms with Gasteiger partial charge in [0.15, 0.2) is 0 Å². The van der Waals surface area contributed by atoms with Crippen LogP contribution in [-0.2, 0) is 17.6 Å². The van der Waals surface area contributed by atoms with Crippen LogP contribution >= 0.6 is 0 Å². The summed E-state index contributed by atoms with van der Waals surface area (Å²) in [5.74, 6) is -0.269. The van der Waals surface area contributed by atoms with Gasteiger partial charge in [-0.15, -0.1) is 0 Å². The molecule has 1 saturated heterocycles. The Morgan fingerprint density at radius 1 is 1.09 bits per heavy atom.